The molecular formula is C22H28N4. The normalized spacial score (nSPS) is 17.0. The van der Waals surface area contributed by atoms with Crippen molar-refractivity contribution in [2.75, 3.05) is 26.2 Å². The summed E-state index contributed by atoms with van der Waals surface area (Å²) in [6, 6.07) is 15.0. The molecule has 136 valence electrons. The summed E-state index contributed by atoms with van der Waals surface area (Å²) >= 11 is 0. The molecule has 1 aliphatic rings. The molecule has 4 rings (SSSR count). The summed E-state index contributed by atoms with van der Waals surface area (Å²) in [4.78, 5) is 9.92. The van der Waals surface area contributed by atoms with Gasteiger partial charge in [0.2, 0.25) is 0 Å². The number of hydrogen-bond donors (Lipinski definition) is 0. The number of rotatable bonds is 4. The van der Waals surface area contributed by atoms with Crippen LogP contribution >= 0.6 is 0 Å². The van der Waals surface area contributed by atoms with E-state index in [1.807, 2.05) is 6.20 Å². The molecule has 1 saturated heterocycles. The smallest absolute Gasteiger partial charge is 0.133 e. The fourth-order valence-electron chi connectivity index (χ4n) is 4.06. The van der Waals surface area contributed by atoms with E-state index in [9.17, 15) is 0 Å². The molecule has 2 aromatic heterocycles. The van der Waals surface area contributed by atoms with Gasteiger partial charge in [-0.25, -0.2) is 4.98 Å². The average Bonchev–Trinajstić information content (AvgIpc) is 3.09. The molecular weight excluding hydrogens is 320 g/mol. The molecule has 4 heteroatoms. The molecule has 0 N–H and O–H groups in total. The Labute approximate surface area is 156 Å². The third-order valence-corrected chi connectivity index (χ3v) is 5.74. The Kier molecular flexibility index (Phi) is 4.55. The van der Waals surface area contributed by atoms with Crippen LogP contribution in [-0.2, 0) is 12.1 Å². The number of fused-ring (bicyclic) bond motifs is 1. The first-order valence-electron chi connectivity index (χ1n) is 9.50. The van der Waals surface area contributed by atoms with Crippen LogP contribution in [-0.4, -0.2) is 45.4 Å². The lowest BCUT2D eigenvalue weighted by molar-refractivity contribution is 0.0423. The lowest BCUT2D eigenvalue weighted by atomic mass is 10.00. The van der Waals surface area contributed by atoms with Crippen LogP contribution in [0.1, 0.15) is 30.8 Å². The Morgan fingerprint density at radius 2 is 1.69 bits per heavy atom. The van der Waals surface area contributed by atoms with E-state index in [4.69, 9.17) is 4.98 Å². The number of piperazine rings is 1. The van der Waals surface area contributed by atoms with E-state index in [-0.39, 0.29) is 5.54 Å². The second kappa shape index (κ2) is 6.86. The topological polar surface area (TPSA) is 23.8 Å². The zero-order valence-electron chi connectivity index (χ0n) is 16.0. The zero-order chi connectivity index (χ0) is 18.1. The Balaban J connectivity index is 1.48. The summed E-state index contributed by atoms with van der Waals surface area (Å²) in [5, 5.41) is 0. The summed E-state index contributed by atoms with van der Waals surface area (Å²) < 4.78 is 2.26. The molecule has 3 heterocycles. The van der Waals surface area contributed by atoms with E-state index >= 15 is 0 Å². The molecule has 0 aliphatic carbocycles. The lowest BCUT2D eigenvalue weighted by Crippen LogP contribution is -2.53. The quantitative estimate of drug-likeness (QED) is 0.718. The van der Waals surface area contributed by atoms with E-state index < -0.39 is 0 Å². The maximum Gasteiger partial charge on any atom is 0.133 e. The first-order chi connectivity index (χ1) is 12.6. The van der Waals surface area contributed by atoms with E-state index in [1.165, 1.54) is 16.6 Å². The second-order valence-corrected chi connectivity index (χ2v) is 7.84. The highest BCUT2D eigenvalue weighted by Crippen LogP contribution is 2.29. The van der Waals surface area contributed by atoms with Crippen molar-refractivity contribution < 1.29 is 0 Å². The maximum atomic E-state index is 4.80. The Bertz CT molecular complexity index is 874. The molecule has 0 amide bonds. The molecule has 0 spiro atoms. The molecule has 4 nitrogen and oxygen atoms in total. The minimum atomic E-state index is -0.0843. The number of hydrogen-bond acceptors (Lipinski definition) is 3. The van der Waals surface area contributed by atoms with Gasteiger partial charge in [-0.05, 0) is 38.0 Å². The summed E-state index contributed by atoms with van der Waals surface area (Å²) in [5.41, 5.74) is 3.79. The number of imidazole rings is 1. The minimum Gasteiger partial charge on any atom is -0.302 e. The van der Waals surface area contributed by atoms with Crippen LogP contribution < -0.4 is 0 Å². The van der Waals surface area contributed by atoms with Crippen molar-refractivity contribution in [2.24, 2.45) is 0 Å². The van der Waals surface area contributed by atoms with Gasteiger partial charge in [0.15, 0.2) is 0 Å². The zero-order valence-corrected chi connectivity index (χ0v) is 16.0. The number of nitrogens with zero attached hydrogens (tertiary/aromatic N) is 4. The van der Waals surface area contributed by atoms with Gasteiger partial charge in [-0.1, -0.05) is 36.4 Å². The van der Waals surface area contributed by atoms with Crippen molar-refractivity contribution in [1.29, 1.82) is 0 Å². The lowest BCUT2D eigenvalue weighted by Gasteiger charge is -2.43. The first kappa shape index (κ1) is 17.3. The van der Waals surface area contributed by atoms with Crippen LogP contribution in [0.5, 0.6) is 0 Å². The number of pyridine rings is 1. The fourth-order valence-corrected chi connectivity index (χ4v) is 4.06. The maximum absolute atomic E-state index is 4.80. The van der Waals surface area contributed by atoms with Gasteiger partial charge in [-0.15, -0.1) is 0 Å². The molecule has 3 aromatic rings. The van der Waals surface area contributed by atoms with Gasteiger partial charge in [0, 0.05) is 38.9 Å². The Hall–Kier alpha value is -2.17. The summed E-state index contributed by atoms with van der Waals surface area (Å²) in [6.07, 6.45) is 4.15. The first-order valence-corrected chi connectivity index (χ1v) is 9.50. The van der Waals surface area contributed by atoms with Crippen LogP contribution in [0.3, 0.4) is 0 Å². The SMILES string of the molecule is Cc1cccn2c(C(C)(C)N3CCN(Cc4ccccc4)CC3)ncc12. The van der Waals surface area contributed by atoms with E-state index in [2.05, 4.69) is 83.6 Å². The molecule has 0 radical (unpaired) electrons. The minimum absolute atomic E-state index is 0.0843. The molecule has 0 atom stereocenters. The number of aromatic nitrogens is 2. The van der Waals surface area contributed by atoms with E-state index in [1.54, 1.807) is 0 Å². The summed E-state index contributed by atoms with van der Waals surface area (Å²) in [6.45, 7) is 12.1. The van der Waals surface area contributed by atoms with Crippen molar-refractivity contribution in [3.8, 4) is 0 Å². The molecule has 0 saturated carbocycles. The largest absolute Gasteiger partial charge is 0.302 e. The van der Waals surface area contributed by atoms with Crippen LogP contribution in [0.2, 0.25) is 0 Å². The predicted molar refractivity (Wildman–Crippen MR) is 106 cm³/mol. The van der Waals surface area contributed by atoms with Crippen LogP contribution in [0.15, 0.2) is 54.9 Å². The van der Waals surface area contributed by atoms with Crippen molar-refractivity contribution in [1.82, 2.24) is 19.2 Å². The van der Waals surface area contributed by atoms with Gasteiger partial charge in [-0.3, -0.25) is 9.80 Å². The molecule has 1 fully saturated rings. The molecule has 1 aliphatic heterocycles. The third-order valence-electron chi connectivity index (χ3n) is 5.74. The standard InChI is InChI=1S/C22H28N4/c1-18-8-7-11-26-20(18)16-23-21(26)22(2,3)25-14-12-24(13-15-25)17-19-9-5-4-6-10-19/h4-11,16H,12-15,17H2,1-3H3. The molecule has 1 aromatic carbocycles. The highest BCUT2D eigenvalue weighted by atomic mass is 15.3. The monoisotopic (exact) mass is 348 g/mol. The van der Waals surface area contributed by atoms with Gasteiger partial charge < -0.3 is 4.40 Å². The number of aryl methyl sites for hydroxylation is 1. The predicted octanol–water partition coefficient (Wildman–Crippen LogP) is 3.70. The summed E-state index contributed by atoms with van der Waals surface area (Å²) in [7, 11) is 0. The highest BCUT2D eigenvalue weighted by molar-refractivity contribution is 5.53. The van der Waals surface area contributed by atoms with Crippen LogP contribution in [0, 0.1) is 6.92 Å². The van der Waals surface area contributed by atoms with Gasteiger partial charge in [0.1, 0.15) is 5.82 Å². The summed E-state index contributed by atoms with van der Waals surface area (Å²) in [5.74, 6) is 1.13. The Morgan fingerprint density at radius 1 is 0.962 bits per heavy atom. The van der Waals surface area contributed by atoms with E-state index in [0.29, 0.717) is 0 Å². The average molecular weight is 348 g/mol. The van der Waals surface area contributed by atoms with Crippen molar-refractivity contribution in [2.45, 2.75) is 32.9 Å². The van der Waals surface area contributed by atoms with E-state index in [0.717, 1.165) is 38.5 Å². The van der Waals surface area contributed by atoms with Crippen LogP contribution in [0.25, 0.3) is 5.52 Å². The van der Waals surface area contributed by atoms with Crippen molar-refractivity contribution >= 4 is 5.52 Å². The Morgan fingerprint density at radius 3 is 2.42 bits per heavy atom. The highest BCUT2D eigenvalue weighted by Gasteiger charge is 2.34. The fraction of sp³-hybridized carbons (Fsp3) is 0.409. The van der Waals surface area contributed by atoms with Gasteiger partial charge in [0.05, 0.1) is 17.3 Å². The van der Waals surface area contributed by atoms with Gasteiger partial charge >= 0.3 is 0 Å². The van der Waals surface area contributed by atoms with Crippen molar-refractivity contribution in [3.63, 3.8) is 0 Å². The van der Waals surface area contributed by atoms with Crippen LogP contribution in [0.4, 0.5) is 0 Å². The molecule has 0 unspecified atom stereocenters. The third kappa shape index (κ3) is 3.15. The number of benzene rings is 1. The van der Waals surface area contributed by atoms with Gasteiger partial charge in [-0.2, -0.15) is 0 Å². The molecule has 26 heavy (non-hydrogen) atoms. The van der Waals surface area contributed by atoms with Gasteiger partial charge in [0.25, 0.3) is 0 Å². The van der Waals surface area contributed by atoms with Crippen molar-refractivity contribution in [3.05, 3.63) is 71.8 Å². The molecule has 0 bridgehead atoms. The second-order valence-electron chi connectivity index (χ2n) is 7.84.